The van der Waals surface area contributed by atoms with Crippen LogP contribution < -0.4 is 14.8 Å². The van der Waals surface area contributed by atoms with Gasteiger partial charge in [-0.15, -0.1) is 0 Å². The van der Waals surface area contributed by atoms with Crippen molar-refractivity contribution in [3.63, 3.8) is 0 Å². The maximum atomic E-state index is 12.8. The number of esters is 1. The van der Waals surface area contributed by atoms with Gasteiger partial charge in [-0.25, -0.2) is 0 Å². The van der Waals surface area contributed by atoms with Gasteiger partial charge in [0.25, 0.3) is 0 Å². The fraction of sp³-hybridized carbons (Fsp3) is 0.391. The minimum absolute atomic E-state index is 0.114. The quantitative estimate of drug-likeness (QED) is 0.621. The SMILES string of the molecule is CCOC(=O)C[C@@H]1c2cc(OC)c(OC)cc2CCN1CC(=O)Nc1ccccc1Cl. The van der Waals surface area contributed by atoms with E-state index in [0.717, 1.165) is 11.1 Å². The summed E-state index contributed by atoms with van der Waals surface area (Å²) in [7, 11) is 3.16. The molecule has 1 aliphatic heterocycles. The van der Waals surface area contributed by atoms with Crippen LogP contribution in [0, 0.1) is 0 Å². The number of methoxy groups -OCH3 is 2. The van der Waals surface area contributed by atoms with E-state index in [9.17, 15) is 9.59 Å². The number of carbonyl (C=O) groups excluding carboxylic acids is 2. The topological polar surface area (TPSA) is 77.1 Å². The van der Waals surface area contributed by atoms with Crippen LogP contribution in [0.1, 0.15) is 30.5 Å². The Balaban J connectivity index is 1.86. The number of ether oxygens (including phenoxy) is 3. The molecular weight excluding hydrogens is 420 g/mol. The van der Waals surface area contributed by atoms with Gasteiger partial charge < -0.3 is 19.5 Å². The maximum Gasteiger partial charge on any atom is 0.307 e. The Bertz CT molecular complexity index is 950. The van der Waals surface area contributed by atoms with Gasteiger partial charge in [0.05, 0.1) is 44.5 Å². The smallest absolute Gasteiger partial charge is 0.307 e. The summed E-state index contributed by atoms with van der Waals surface area (Å²) in [5.41, 5.74) is 2.55. The Morgan fingerprint density at radius 2 is 1.87 bits per heavy atom. The highest BCUT2D eigenvalue weighted by Crippen LogP contribution is 2.39. The first-order valence-corrected chi connectivity index (χ1v) is 10.5. The molecule has 1 aliphatic rings. The molecule has 0 bridgehead atoms. The second-order valence-electron chi connectivity index (χ2n) is 7.18. The first-order valence-electron chi connectivity index (χ1n) is 10.2. The summed E-state index contributed by atoms with van der Waals surface area (Å²) in [5.74, 6) is 0.705. The normalized spacial score (nSPS) is 15.7. The lowest BCUT2D eigenvalue weighted by molar-refractivity contribution is -0.145. The number of carbonyl (C=O) groups is 2. The molecule has 2 aromatic carbocycles. The zero-order chi connectivity index (χ0) is 22.4. The molecule has 2 aromatic rings. The minimum Gasteiger partial charge on any atom is -0.493 e. The van der Waals surface area contributed by atoms with Crippen LogP contribution in [0.5, 0.6) is 11.5 Å². The predicted molar refractivity (Wildman–Crippen MR) is 119 cm³/mol. The van der Waals surface area contributed by atoms with Crippen LogP contribution in [0.2, 0.25) is 5.02 Å². The largest absolute Gasteiger partial charge is 0.493 e. The van der Waals surface area contributed by atoms with E-state index in [0.29, 0.717) is 41.8 Å². The molecule has 1 heterocycles. The van der Waals surface area contributed by atoms with Gasteiger partial charge in [-0.1, -0.05) is 23.7 Å². The van der Waals surface area contributed by atoms with Crippen LogP contribution in [0.25, 0.3) is 0 Å². The fourth-order valence-electron chi connectivity index (χ4n) is 3.82. The average molecular weight is 447 g/mol. The standard InChI is InChI=1S/C23H27ClN2O5/c1-4-31-23(28)13-19-16-12-21(30-3)20(29-2)11-15(16)9-10-26(19)14-22(27)25-18-8-6-5-7-17(18)24/h5-8,11-12,19H,4,9-10,13-14H2,1-3H3,(H,25,27)/t19-/m1/s1. The Morgan fingerprint density at radius 1 is 1.16 bits per heavy atom. The maximum absolute atomic E-state index is 12.8. The molecule has 0 radical (unpaired) electrons. The Labute approximate surface area is 187 Å². The number of nitrogens with one attached hydrogen (secondary N) is 1. The highest BCUT2D eigenvalue weighted by atomic mass is 35.5. The van der Waals surface area contributed by atoms with E-state index in [1.807, 2.05) is 23.1 Å². The average Bonchev–Trinajstić information content (AvgIpc) is 2.76. The number of hydrogen-bond donors (Lipinski definition) is 1. The van der Waals surface area contributed by atoms with Crippen molar-refractivity contribution in [3.05, 3.63) is 52.5 Å². The molecule has 0 saturated carbocycles. The summed E-state index contributed by atoms with van der Waals surface area (Å²) in [6.07, 6.45) is 0.851. The lowest BCUT2D eigenvalue weighted by Crippen LogP contribution is -2.41. The van der Waals surface area contributed by atoms with E-state index in [1.54, 1.807) is 39.3 Å². The molecule has 0 spiro atoms. The number of hydrogen-bond acceptors (Lipinski definition) is 6. The van der Waals surface area contributed by atoms with E-state index >= 15 is 0 Å². The van der Waals surface area contributed by atoms with Crippen molar-refractivity contribution in [2.45, 2.75) is 25.8 Å². The van der Waals surface area contributed by atoms with Gasteiger partial charge in [0, 0.05) is 12.6 Å². The first-order chi connectivity index (χ1) is 15.0. The molecule has 7 nitrogen and oxygen atoms in total. The van der Waals surface area contributed by atoms with Crippen molar-refractivity contribution in [1.29, 1.82) is 0 Å². The molecule has 0 unspecified atom stereocenters. The van der Waals surface area contributed by atoms with Gasteiger partial charge in [0.2, 0.25) is 5.91 Å². The van der Waals surface area contributed by atoms with E-state index in [2.05, 4.69) is 5.32 Å². The molecular formula is C23H27ClN2O5. The number of halogens is 1. The number of nitrogens with zero attached hydrogens (tertiary/aromatic N) is 1. The molecule has 8 heteroatoms. The Kier molecular flexibility index (Phi) is 7.76. The lowest BCUT2D eigenvalue weighted by Gasteiger charge is -2.37. The summed E-state index contributed by atoms with van der Waals surface area (Å²) in [6, 6.07) is 10.6. The second kappa shape index (κ2) is 10.5. The summed E-state index contributed by atoms with van der Waals surface area (Å²) in [5, 5.41) is 3.32. The van der Waals surface area contributed by atoms with Gasteiger partial charge in [-0.3, -0.25) is 14.5 Å². The van der Waals surface area contributed by atoms with E-state index in [-0.39, 0.29) is 30.9 Å². The lowest BCUT2D eigenvalue weighted by atomic mass is 9.90. The number of rotatable bonds is 8. The molecule has 3 rings (SSSR count). The van der Waals surface area contributed by atoms with Crippen molar-refractivity contribution in [2.75, 3.05) is 39.2 Å². The number of anilines is 1. The molecule has 0 aromatic heterocycles. The third-order valence-corrected chi connectivity index (χ3v) is 5.60. The van der Waals surface area contributed by atoms with Gasteiger partial charge in [-0.05, 0) is 48.7 Å². The molecule has 1 amide bonds. The summed E-state index contributed by atoms with van der Waals surface area (Å²) < 4.78 is 16.1. The monoisotopic (exact) mass is 446 g/mol. The molecule has 1 N–H and O–H groups in total. The molecule has 0 saturated heterocycles. The van der Waals surface area contributed by atoms with Crippen LogP contribution in [0.3, 0.4) is 0 Å². The fourth-order valence-corrected chi connectivity index (χ4v) is 4.01. The highest BCUT2D eigenvalue weighted by Gasteiger charge is 2.32. The third kappa shape index (κ3) is 5.48. The van der Waals surface area contributed by atoms with Crippen molar-refractivity contribution in [2.24, 2.45) is 0 Å². The van der Waals surface area contributed by atoms with Gasteiger partial charge in [-0.2, -0.15) is 0 Å². The Morgan fingerprint density at radius 3 is 2.55 bits per heavy atom. The van der Waals surface area contributed by atoms with Crippen LogP contribution in [-0.4, -0.2) is 50.7 Å². The summed E-state index contributed by atoms with van der Waals surface area (Å²) in [4.78, 5) is 27.1. The van der Waals surface area contributed by atoms with E-state index in [4.69, 9.17) is 25.8 Å². The number of benzene rings is 2. The van der Waals surface area contributed by atoms with Crippen LogP contribution in [-0.2, 0) is 20.7 Å². The number of amides is 1. The first kappa shape index (κ1) is 22.9. The zero-order valence-corrected chi connectivity index (χ0v) is 18.7. The zero-order valence-electron chi connectivity index (χ0n) is 17.9. The van der Waals surface area contributed by atoms with E-state index in [1.165, 1.54) is 0 Å². The molecule has 0 fully saturated rings. The molecule has 0 aliphatic carbocycles. The minimum atomic E-state index is -0.320. The number of fused-ring (bicyclic) bond motifs is 1. The van der Waals surface area contributed by atoms with Crippen molar-refractivity contribution in [1.82, 2.24) is 4.90 Å². The second-order valence-corrected chi connectivity index (χ2v) is 7.59. The highest BCUT2D eigenvalue weighted by molar-refractivity contribution is 6.33. The van der Waals surface area contributed by atoms with Crippen molar-refractivity contribution < 1.29 is 23.8 Å². The summed E-state index contributed by atoms with van der Waals surface area (Å²) >= 11 is 6.16. The molecule has 1 atom stereocenters. The van der Waals surface area contributed by atoms with E-state index < -0.39 is 0 Å². The molecule has 31 heavy (non-hydrogen) atoms. The van der Waals surface area contributed by atoms with Crippen molar-refractivity contribution in [3.8, 4) is 11.5 Å². The third-order valence-electron chi connectivity index (χ3n) is 5.27. The van der Waals surface area contributed by atoms with Crippen molar-refractivity contribution >= 4 is 29.2 Å². The predicted octanol–water partition coefficient (Wildman–Crippen LogP) is 3.85. The van der Waals surface area contributed by atoms with Gasteiger partial charge >= 0.3 is 5.97 Å². The van der Waals surface area contributed by atoms with Crippen LogP contribution >= 0.6 is 11.6 Å². The Hall–Kier alpha value is -2.77. The number of para-hydroxylation sites is 1. The summed E-state index contributed by atoms with van der Waals surface area (Å²) in [6.45, 7) is 2.80. The van der Waals surface area contributed by atoms with Crippen LogP contribution in [0.4, 0.5) is 5.69 Å². The van der Waals surface area contributed by atoms with Crippen LogP contribution in [0.15, 0.2) is 36.4 Å². The molecule has 166 valence electrons. The van der Waals surface area contributed by atoms with Gasteiger partial charge in [0.1, 0.15) is 0 Å². The van der Waals surface area contributed by atoms with Gasteiger partial charge in [0.15, 0.2) is 11.5 Å².